The zero-order valence-corrected chi connectivity index (χ0v) is 56.3. The topological polar surface area (TPSA) is 472 Å². The molecule has 2 bridgehead atoms. The molecule has 9 atom stereocenters. The van der Waals surface area contributed by atoms with Gasteiger partial charge in [0.05, 0.1) is 19.3 Å². The Morgan fingerprint density at radius 3 is 1.93 bits per heavy atom. The number of phenols is 1. The van der Waals surface area contributed by atoms with Gasteiger partial charge in [-0.25, -0.2) is 13.8 Å². The minimum absolute atomic E-state index is 0.0327. The Labute approximate surface area is 587 Å². The standard InChI is InChI=1S/C70H80F2N16O15/c1-36-61(95)78-34-58(91)82-53(26-42-32-76-49-19-15-43(71)27-48(42)49)64(98)83-54(25-41-31-77-51-28-44(72)14-18-47(41)51)65(99)85-56(30-59(92)93)67(101)84-55(29-45-33-74-35-79-45)66(100)86-57(24-39-10-16-46(90)17-11-39)68(102)88-22-6-20-70(88,3)69(103)87-52(60(73)94)23-38-8-12-40(13-9-38)62(96)75-21-5-4-7-50(63(97)80-36)81-37(2)89/h8-19,27-28,31-33,35-36,50,52-57,76-77,90H,4-7,20-26,29-30,34H2,1-3H3,(H2,73,94)(H,74,79)(H,75,96)(H,78,95)(H,80,97)(H,81,89)(H,82,91)(H,83,98)(H,84,101)(H,85,99)(H,86,100)(H,87,103)(H,92,93)/t36-,50-,52-,53-,54-,55-,56-,57-,70-/m0/s1. The number of hydrogen-bond acceptors (Lipinski definition) is 15. The molecule has 33 heteroatoms. The van der Waals surface area contributed by atoms with Crippen molar-refractivity contribution in [1.29, 1.82) is 0 Å². The van der Waals surface area contributed by atoms with Crippen LogP contribution in [0, 0.1) is 11.6 Å². The number of H-pyrrole nitrogens is 3. The van der Waals surface area contributed by atoms with Crippen LogP contribution in [-0.2, 0) is 89.6 Å². The van der Waals surface area contributed by atoms with Gasteiger partial charge in [-0.1, -0.05) is 24.3 Å². The van der Waals surface area contributed by atoms with Crippen molar-refractivity contribution in [2.24, 2.45) is 5.73 Å². The van der Waals surface area contributed by atoms with Gasteiger partial charge < -0.3 is 89.0 Å². The molecule has 1 saturated heterocycles. The van der Waals surface area contributed by atoms with Crippen molar-refractivity contribution >= 4 is 98.7 Å². The van der Waals surface area contributed by atoms with Crippen molar-refractivity contribution in [1.82, 2.24) is 78.0 Å². The van der Waals surface area contributed by atoms with Crippen molar-refractivity contribution < 1.29 is 81.3 Å². The summed E-state index contributed by atoms with van der Waals surface area (Å²) in [6.45, 7) is 3.23. The van der Waals surface area contributed by atoms with Crippen LogP contribution >= 0.6 is 0 Å². The Balaban J connectivity index is 1.05. The van der Waals surface area contributed by atoms with Crippen molar-refractivity contribution in [3.05, 3.63) is 155 Å². The lowest BCUT2D eigenvalue weighted by Crippen LogP contribution is -2.63. The molecule has 4 aromatic carbocycles. The molecule has 0 saturated carbocycles. The van der Waals surface area contributed by atoms with E-state index < -0.39 is 175 Å². The van der Waals surface area contributed by atoms with E-state index in [9.17, 15) is 66.9 Å². The van der Waals surface area contributed by atoms with Crippen LogP contribution in [0.15, 0.2) is 110 Å². The average molecular weight is 1420 g/mol. The first kappa shape index (κ1) is 75.1. The first-order chi connectivity index (χ1) is 49.1. The molecule has 3 aliphatic heterocycles. The minimum atomic E-state index is -2.07. The molecule has 0 radical (unpaired) electrons. The van der Waals surface area contributed by atoms with E-state index in [1.54, 1.807) is 12.1 Å². The van der Waals surface area contributed by atoms with E-state index in [4.69, 9.17) is 5.73 Å². The highest BCUT2D eigenvalue weighted by Gasteiger charge is 2.49. The third kappa shape index (κ3) is 19.9. The number of rotatable bonds is 12. The van der Waals surface area contributed by atoms with Crippen LogP contribution in [0.4, 0.5) is 8.78 Å². The number of primary amides is 1. The van der Waals surface area contributed by atoms with Crippen LogP contribution in [-0.4, -0.2) is 185 Å². The molecule has 10 rings (SSSR count). The van der Waals surface area contributed by atoms with E-state index in [-0.39, 0.29) is 90.7 Å². The molecule has 7 aromatic rings. The number of carboxylic acid groups (broad SMARTS) is 1. The van der Waals surface area contributed by atoms with Crippen LogP contribution in [0.25, 0.3) is 21.8 Å². The van der Waals surface area contributed by atoms with Gasteiger partial charge in [-0.2, -0.15) is 0 Å². The van der Waals surface area contributed by atoms with Gasteiger partial charge >= 0.3 is 5.97 Å². The highest BCUT2D eigenvalue weighted by Crippen LogP contribution is 2.32. The summed E-state index contributed by atoms with van der Waals surface area (Å²) in [7, 11) is 0. The summed E-state index contributed by atoms with van der Waals surface area (Å²) in [5.74, 6) is -13.9. The number of aromatic nitrogens is 4. The quantitative estimate of drug-likeness (QED) is 0.0725. The third-order valence-electron chi connectivity index (χ3n) is 18.0. The van der Waals surface area contributed by atoms with E-state index in [1.165, 1.54) is 111 Å². The Morgan fingerprint density at radius 1 is 0.650 bits per heavy atom. The van der Waals surface area contributed by atoms with Gasteiger partial charge in [0.1, 0.15) is 71.3 Å². The SMILES string of the molecule is CC(=O)N[C@H]1CCCCNC(=O)c2ccc(cc2)C[C@@H](C(N)=O)NC(=O)[C@]2(C)CCCN2C(=O)[C@H](Cc2ccc(O)cc2)NC(=O)[C@H](Cc2cnc[nH]2)NC(=O)[C@H](CC(=O)O)NC(=O)[C@H](Cc2c[nH]c3cc(F)ccc23)NC(=O)[C@H](Cc2c[nH]c3ccc(F)cc23)NC(=O)CNC(=O)[C@H](C)NC1=O. The average Bonchev–Trinajstić information content (AvgIpc) is 1.70. The molecule has 3 aliphatic rings. The summed E-state index contributed by atoms with van der Waals surface area (Å²) in [6, 6.07) is 6.51. The number of nitrogens with one attached hydrogen (secondary N) is 13. The zero-order valence-electron chi connectivity index (χ0n) is 56.3. The number of phenolic OH excluding ortho intramolecular Hbond substituents is 1. The number of aromatic hydroxyl groups is 1. The maximum absolute atomic E-state index is 15.2. The highest BCUT2D eigenvalue weighted by molar-refractivity contribution is 6.01. The number of fused-ring (bicyclic) bond motifs is 35. The van der Waals surface area contributed by atoms with E-state index in [1.807, 2.05) is 0 Å². The molecule has 544 valence electrons. The maximum atomic E-state index is 15.2. The molecule has 1 fully saturated rings. The number of nitrogens with two attached hydrogens (primary N) is 1. The predicted octanol–water partition coefficient (Wildman–Crippen LogP) is 0.159. The van der Waals surface area contributed by atoms with Gasteiger partial charge in [-0.05, 0) is 129 Å². The second-order valence-electron chi connectivity index (χ2n) is 25.7. The van der Waals surface area contributed by atoms with Crippen LogP contribution in [0.3, 0.4) is 0 Å². The van der Waals surface area contributed by atoms with E-state index >= 15 is 14.4 Å². The number of aliphatic carboxylic acids is 1. The molecular weight excluding hydrogens is 1340 g/mol. The lowest BCUT2D eigenvalue weighted by molar-refractivity contribution is -0.147. The number of nitrogens with zero attached hydrogens (tertiary/aromatic N) is 2. The number of benzene rings is 4. The predicted molar refractivity (Wildman–Crippen MR) is 365 cm³/mol. The number of amides is 12. The first-order valence-electron chi connectivity index (χ1n) is 33.2. The summed E-state index contributed by atoms with van der Waals surface area (Å²) < 4.78 is 29.4. The Hall–Kier alpha value is -12.1. The number of hydrogen-bond donors (Lipinski definition) is 16. The van der Waals surface area contributed by atoms with Crippen LogP contribution in [0.1, 0.15) is 97.6 Å². The lowest BCUT2D eigenvalue weighted by atomic mass is 9.94. The largest absolute Gasteiger partial charge is 0.508 e. The molecule has 31 nitrogen and oxygen atoms in total. The molecule has 103 heavy (non-hydrogen) atoms. The van der Waals surface area contributed by atoms with Crippen molar-refractivity contribution in [3.8, 4) is 5.75 Å². The number of halogens is 2. The third-order valence-corrected chi connectivity index (χ3v) is 18.0. The molecule has 3 aromatic heterocycles. The van der Waals surface area contributed by atoms with Crippen molar-refractivity contribution in [3.63, 3.8) is 0 Å². The number of carbonyl (C=O) groups excluding carboxylic acids is 12. The van der Waals surface area contributed by atoms with E-state index in [2.05, 4.69) is 73.1 Å². The number of carbonyl (C=O) groups is 13. The van der Waals surface area contributed by atoms with Gasteiger partial charge in [-0.15, -0.1) is 0 Å². The number of imidazole rings is 1. The molecule has 12 amide bonds. The van der Waals surface area contributed by atoms with Gasteiger partial charge in [0.2, 0.25) is 65.0 Å². The van der Waals surface area contributed by atoms with E-state index in [0.717, 1.165) is 12.1 Å². The van der Waals surface area contributed by atoms with Crippen molar-refractivity contribution in [2.75, 3.05) is 19.6 Å². The van der Waals surface area contributed by atoms with Crippen LogP contribution < -0.4 is 58.9 Å². The van der Waals surface area contributed by atoms with Crippen LogP contribution in [0.2, 0.25) is 0 Å². The summed E-state index contributed by atoms with van der Waals surface area (Å²) >= 11 is 0. The summed E-state index contributed by atoms with van der Waals surface area (Å²) in [4.78, 5) is 196. The zero-order chi connectivity index (χ0) is 74.2. The molecule has 17 N–H and O–H groups in total. The first-order valence-corrected chi connectivity index (χ1v) is 33.2. The number of aromatic amines is 3. The molecule has 0 spiro atoms. The Morgan fingerprint density at radius 2 is 1.27 bits per heavy atom. The van der Waals surface area contributed by atoms with Gasteiger partial charge in [0.15, 0.2) is 0 Å². The molecule has 6 heterocycles. The highest BCUT2D eigenvalue weighted by atomic mass is 19.1. The molecular formula is C70H80F2N16O15. The fraction of sp³-hybridized carbons (Fsp3) is 0.371. The van der Waals surface area contributed by atoms with Gasteiger partial charge in [0, 0.05) is 104 Å². The molecule has 0 aliphatic carbocycles. The monoisotopic (exact) mass is 1420 g/mol. The Bertz CT molecular complexity index is 4340. The fourth-order valence-corrected chi connectivity index (χ4v) is 12.4. The molecule has 0 unspecified atom stereocenters. The lowest BCUT2D eigenvalue weighted by Gasteiger charge is -2.37. The summed E-state index contributed by atoms with van der Waals surface area (Å²) in [5, 5.41) is 46.9. The number of carboxylic acids is 1. The second kappa shape index (κ2) is 33.9. The van der Waals surface area contributed by atoms with Crippen molar-refractivity contribution in [2.45, 2.75) is 145 Å². The smallest absolute Gasteiger partial charge is 0.305 e. The van der Waals surface area contributed by atoms with Gasteiger partial charge in [-0.3, -0.25) is 62.3 Å². The minimum Gasteiger partial charge on any atom is -0.508 e. The summed E-state index contributed by atoms with van der Waals surface area (Å²) in [6.07, 6.45) is 3.56. The van der Waals surface area contributed by atoms with Crippen LogP contribution in [0.5, 0.6) is 5.75 Å². The summed E-state index contributed by atoms with van der Waals surface area (Å²) in [5.41, 5.74) is 6.77. The fourth-order valence-electron chi connectivity index (χ4n) is 12.4. The van der Waals surface area contributed by atoms with E-state index in [0.29, 0.717) is 28.5 Å². The Kier molecular flexibility index (Phi) is 24.7. The normalized spacial score (nSPS) is 23.2. The second-order valence-corrected chi connectivity index (χ2v) is 25.7. The maximum Gasteiger partial charge on any atom is 0.305 e. The van der Waals surface area contributed by atoms with Gasteiger partial charge in [0.25, 0.3) is 5.91 Å².